The topological polar surface area (TPSA) is 61.1 Å². The molecule has 0 aliphatic rings. The first-order valence-electron chi connectivity index (χ1n) is 3.03. The minimum atomic E-state index is -3.49. The molecular formula is C7H9BrN2O2SY-2. The monoisotopic (exact) mass is 353 g/mol. The predicted octanol–water partition coefficient (Wildman–Crippen LogP) is 1.98. The van der Waals surface area contributed by atoms with Gasteiger partial charge in [-0.1, -0.05) is 0 Å². The van der Waals surface area contributed by atoms with E-state index < -0.39 is 10.0 Å². The summed E-state index contributed by atoms with van der Waals surface area (Å²) in [5.74, 6) is 0. The molecule has 0 saturated heterocycles. The molecule has 1 aromatic heterocycles. The van der Waals surface area contributed by atoms with E-state index in [9.17, 15) is 8.42 Å². The molecular weight excluding hydrogens is 345 g/mol. The molecule has 1 aromatic rings. The van der Waals surface area contributed by atoms with Crippen LogP contribution < -0.4 is 0 Å². The third-order valence-corrected chi connectivity index (χ3v) is 2.95. The molecule has 0 aliphatic carbocycles. The Labute approximate surface area is 118 Å². The first-order chi connectivity index (χ1) is 5.56. The maximum Gasteiger partial charge on any atom is 0.102 e. The van der Waals surface area contributed by atoms with Gasteiger partial charge in [-0.2, -0.15) is 7.05 Å². The van der Waals surface area contributed by atoms with E-state index in [-0.39, 0.29) is 45.0 Å². The van der Waals surface area contributed by atoms with Gasteiger partial charge in [0.1, 0.15) is 10.0 Å². The maximum absolute atomic E-state index is 11.1. The molecule has 7 heteroatoms. The second-order valence-corrected chi connectivity index (χ2v) is 4.70. The van der Waals surface area contributed by atoms with Gasteiger partial charge in [0.15, 0.2) is 0 Å². The summed E-state index contributed by atoms with van der Waals surface area (Å²) < 4.78 is 26.1. The van der Waals surface area contributed by atoms with Crippen LogP contribution in [0.15, 0.2) is 27.8 Å². The molecule has 0 unspecified atom stereocenters. The van der Waals surface area contributed by atoms with E-state index in [1.54, 1.807) is 0 Å². The van der Waals surface area contributed by atoms with Crippen LogP contribution in [0.1, 0.15) is 0 Å². The Kier molecular flexibility index (Phi) is 8.53. The van der Waals surface area contributed by atoms with E-state index in [1.165, 1.54) is 25.5 Å². The van der Waals surface area contributed by atoms with Crippen molar-refractivity contribution in [1.82, 2.24) is 4.98 Å². The molecule has 77 valence electrons. The molecule has 0 aliphatic heterocycles. The van der Waals surface area contributed by atoms with E-state index in [0.29, 0.717) is 4.47 Å². The largest absolute Gasteiger partial charge is 0.547 e. The first-order valence-corrected chi connectivity index (χ1v) is 5.26. The molecule has 1 radical (unpaired) electrons. The fraction of sp³-hybridized carbons (Fsp3) is 0.143. The van der Waals surface area contributed by atoms with E-state index in [0.717, 1.165) is 0 Å². The normalized spacial score (nSPS) is 9.86. The van der Waals surface area contributed by atoms with Gasteiger partial charge in [-0.3, -0.25) is 4.98 Å². The Morgan fingerprint density at radius 3 is 2.43 bits per heavy atom. The Hall–Kier alpha value is 0.644. The van der Waals surface area contributed by atoms with Crippen molar-refractivity contribution in [2.24, 2.45) is 0 Å². The zero-order valence-corrected chi connectivity index (χ0v) is 13.0. The number of sulfonamides is 1. The summed E-state index contributed by atoms with van der Waals surface area (Å²) >= 11 is 3.12. The number of halogens is 1. The van der Waals surface area contributed by atoms with Gasteiger partial charge in [0.2, 0.25) is 0 Å². The summed E-state index contributed by atoms with van der Waals surface area (Å²) in [5, 5.41) is 0. The average Bonchev–Trinajstić information content (AvgIpc) is 2.05. The fourth-order valence-electron chi connectivity index (χ4n) is 0.639. The van der Waals surface area contributed by atoms with Gasteiger partial charge < -0.3 is 12.1 Å². The smallest absolute Gasteiger partial charge is 0.102 e. The summed E-state index contributed by atoms with van der Waals surface area (Å²) in [4.78, 5) is 3.81. The molecule has 1 rings (SSSR count). The molecule has 0 fully saturated rings. The number of hydrogen-bond acceptors (Lipinski definition) is 3. The number of aromatic nitrogens is 1. The summed E-state index contributed by atoms with van der Waals surface area (Å²) in [6, 6.07) is 1.45. The van der Waals surface area contributed by atoms with Crippen LogP contribution in [0.4, 0.5) is 0 Å². The van der Waals surface area contributed by atoms with Crippen LogP contribution in [0.3, 0.4) is 0 Å². The van der Waals surface area contributed by atoms with E-state index in [1.807, 2.05) is 0 Å². The summed E-state index contributed by atoms with van der Waals surface area (Å²) in [6.07, 6.45) is 2.77. The van der Waals surface area contributed by atoms with Gasteiger partial charge in [0.05, 0.1) is 4.90 Å². The van der Waals surface area contributed by atoms with Crippen molar-refractivity contribution in [1.29, 1.82) is 0 Å². The Bertz CT molecular complexity index is 383. The molecule has 0 bridgehead atoms. The van der Waals surface area contributed by atoms with Crippen LogP contribution in [-0.2, 0) is 42.7 Å². The molecule has 0 spiro atoms. The predicted molar refractivity (Wildman–Crippen MR) is 54.8 cm³/mol. The van der Waals surface area contributed by atoms with Crippen LogP contribution in [0.2, 0.25) is 0 Å². The molecule has 1 heterocycles. The average molecular weight is 354 g/mol. The summed E-state index contributed by atoms with van der Waals surface area (Å²) in [6.45, 7) is 0. The minimum absolute atomic E-state index is 0. The van der Waals surface area contributed by atoms with Crippen LogP contribution in [0.25, 0.3) is 4.72 Å². The second-order valence-electron chi connectivity index (χ2n) is 2.00. The van der Waals surface area contributed by atoms with Crippen LogP contribution in [-0.4, -0.2) is 20.4 Å². The van der Waals surface area contributed by atoms with Crippen molar-refractivity contribution in [2.75, 3.05) is 7.05 Å². The van der Waals surface area contributed by atoms with Crippen LogP contribution in [0, 0.1) is 7.43 Å². The Morgan fingerprint density at radius 1 is 1.43 bits per heavy atom. The van der Waals surface area contributed by atoms with Gasteiger partial charge in [-0.05, 0) is 22.0 Å². The fourth-order valence-corrected chi connectivity index (χ4v) is 1.84. The Balaban J connectivity index is 0. The summed E-state index contributed by atoms with van der Waals surface area (Å²) in [5.41, 5.74) is 0. The number of hydrogen-bond donors (Lipinski definition) is 0. The molecule has 0 N–H and O–H groups in total. The first kappa shape index (κ1) is 17.1. The van der Waals surface area contributed by atoms with Gasteiger partial charge in [-0.15, -0.1) is 0 Å². The van der Waals surface area contributed by atoms with E-state index >= 15 is 0 Å². The molecule has 0 saturated carbocycles. The molecule has 0 amide bonds. The van der Waals surface area contributed by atoms with Crippen molar-refractivity contribution in [3.8, 4) is 0 Å². The summed E-state index contributed by atoms with van der Waals surface area (Å²) in [7, 11) is -2.26. The molecule has 14 heavy (non-hydrogen) atoms. The minimum Gasteiger partial charge on any atom is -0.547 e. The van der Waals surface area contributed by atoms with Gasteiger partial charge in [-0.25, -0.2) is 8.42 Å². The van der Waals surface area contributed by atoms with Crippen molar-refractivity contribution in [3.63, 3.8) is 0 Å². The zero-order valence-electron chi connectivity index (χ0n) is 7.81. The van der Waals surface area contributed by atoms with Crippen LogP contribution >= 0.6 is 15.9 Å². The van der Waals surface area contributed by atoms with Crippen molar-refractivity contribution in [2.45, 2.75) is 4.90 Å². The SMILES string of the molecule is C[N-]S(=O)(=O)c1cncc(Br)c1.[CH3-].[Y]. The quantitative estimate of drug-likeness (QED) is 0.764. The standard InChI is InChI=1S/C6H6BrN2O2S.CH3.Y/c1-8-12(10,11)6-2-5(7)3-9-4-6;;/h2-4H,1H3;1H3;/q2*-1;. The third-order valence-electron chi connectivity index (χ3n) is 1.22. The van der Waals surface area contributed by atoms with Gasteiger partial charge >= 0.3 is 0 Å². The van der Waals surface area contributed by atoms with Crippen molar-refractivity contribution < 1.29 is 41.1 Å². The van der Waals surface area contributed by atoms with Crippen molar-refractivity contribution >= 4 is 26.0 Å². The van der Waals surface area contributed by atoms with E-state index in [2.05, 4.69) is 25.6 Å². The molecule has 0 aromatic carbocycles. The number of nitrogens with zero attached hydrogens (tertiary/aromatic N) is 2. The zero-order chi connectivity index (χ0) is 9.19. The second kappa shape index (κ2) is 7.01. The molecule has 0 atom stereocenters. The van der Waals surface area contributed by atoms with E-state index in [4.69, 9.17) is 0 Å². The Morgan fingerprint density at radius 2 is 2.00 bits per heavy atom. The van der Waals surface area contributed by atoms with Gasteiger partial charge in [0.25, 0.3) is 0 Å². The van der Waals surface area contributed by atoms with Crippen LogP contribution in [0.5, 0.6) is 0 Å². The third kappa shape index (κ3) is 4.44. The number of pyridine rings is 1. The molecule has 4 nitrogen and oxygen atoms in total. The van der Waals surface area contributed by atoms with Gasteiger partial charge in [0, 0.05) is 49.6 Å². The van der Waals surface area contributed by atoms with Crippen molar-refractivity contribution in [3.05, 3.63) is 35.1 Å². The maximum atomic E-state index is 11.1. The number of rotatable bonds is 2.